The second kappa shape index (κ2) is 11.2. The largest absolute Gasteiger partial charge is 0.383 e. The first-order valence-corrected chi connectivity index (χ1v) is 8.70. The smallest absolute Gasteiger partial charge is 0.0710 e. The number of hydrazine groups is 1. The molecule has 0 amide bonds. The molecule has 1 aromatic heterocycles. The summed E-state index contributed by atoms with van der Waals surface area (Å²) in [4.78, 5) is 0. The zero-order valence-electron chi connectivity index (χ0n) is 13.3. The molecular weight excluding hydrogens is 332 g/mol. The van der Waals surface area contributed by atoms with Gasteiger partial charge in [0, 0.05) is 7.11 Å². The average Bonchev–Trinajstić information content (AvgIpc) is 2.86. The molecule has 5 nitrogen and oxygen atoms in total. The summed E-state index contributed by atoms with van der Waals surface area (Å²) in [6.45, 7) is 3.63. The molecule has 0 aliphatic rings. The van der Waals surface area contributed by atoms with E-state index in [0.29, 0.717) is 6.61 Å². The maximum atomic E-state index is 5.75. The fraction of sp³-hybridized carbons (Fsp3) is 0.800. The fourth-order valence-electron chi connectivity index (χ4n) is 2.50. The summed E-state index contributed by atoms with van der Waals surface area (Å²) >= 11 is 3.57. The van der Waals surface area contributed by atoms with Crippen LogP contribution >= 0.6 is 15.9 Å². The van der Waals surface area contributed by atoms with Crippen molar-refractivity contribution in [2.24, 2.45) is 5.84 Å². The third-order valence-corrected chi connectivity index (χ3v) is 4.33. The normalized spacial score (nSPS) is 12.8. The topological polar surface area (TPSA) is 65.1 Å². The van der Waals surface area contributed by atoms with Gasteiger partial charge in [0.15, 0.2) is 0 Å². The Labute approximate surface area is 136 Å². The molecule has 1 aromatic rings. The minimum Gasteiger partial charge on any atom is -0.383 e. The molecule has 21 heavy (non-hydrogen) atoms. The van der Waals surface area contributed by atoms with Crippen molar-refractivity contribution >= 4 is 15.9 Å². The molecule has 0 aliphatic carbocycles. The van der Waals surface area contributed by atoms with Crippen LogP contribution in [0.15, 0.2) is 10.7 Å². The molecule has 1 atom stereocenters. The molecule has 3 N–H and O–H groups in total. The van der Waals surface area contributed by atoms with Gasteiger partial charge >= 0.3 is 0 Å². The number of unbranched alkanes of at least 4 members (excludes halogenated alkanes) is 5. The first kappa shape index (κ1) is 18.6. The van der Waals surface area contributed by atoms with Gasteiger partial charge in [-0.05, 0) is 22.4 Å². The van der Waals surface area contributed by atoms with Crippen molar-refractivity contribution in [1.29, 1.82) is 0 Å². The predicted octanol–water partition coefficient (Wildman–Crippen LogP) is 3.55. The Morgan fingerprint density at radius 2 is 2.05 bits per heavy atom. The highest BCUT2D eigenvalue weighted by Crippen LogP contribution is 2.27. The van der Waals surface area contributed by atoms with Gasteiger partial charge in [0.1, 0.15) is 0 Å². The molecule has 0 saturated heterocycles. The van der Waals surface area contributed by atoms with E-state index in [4.69, 9.17) is 10.6 Å². The number of rotatable bonds is 12. The monoisotopic (exact) mass is 360 g/mol. The summed E-state index contributed by atoms with van der Waals surface area (Å²) in [5, 5.41) is 4.39. The lowest BCUT2D eigenvalue weighted by molar-refractivity contribution is 0.181. The number of ether oxygens (including phenoxy) is 1. The van der Waals surface area contributed by atoms with Crippen LogP contribution in [0, 0.1) is 0 Å². The van der Waals surface area contributed by atoms with Gasteiger partial charge in [-0.1, -0.05) is 45.4 Å². The number of hydrogen-bond donors (Lipinski definition) is 2. The summed E-state index contributed by atoms with van der Waals surface area (Å²) in [5.41, 5.74) is 4.05. The molecule has 0 saturated carbocycles. The molecule has 0 spiro atoms. The first-order chi connectivity index (χ1) is 10.2. The molecule has 0 aromatic carbocycles. The minimum absolute atomic E-state index is 0.130. The standard InChI is InChI=1S/C15H29BrN4O/c1-3-4-5-6-7-8-9-14(19-17)15-13(16)12-18-20(15)10-11-21-2/h12,14,19H,3-11,17H2,1-2H3. The highest BCUT2D eigenvalue weighted by Gasteiger charge is 2.18. The number of nitrogens with zero attached hydrogens (tertiary/aromatic N) is 2. The van der Waals surface area contributed by atoms with Crippen LogP contribution in [0.2, 0.25) is 0 Å². The van der Waals surface area contributed by atoms with Gasteiger partial charge in [-0.15, -0.1) is 0 Å². The van der Waals surface area contributed by atoms with E-state index >= 15 is 0 Å². The Hall–Kier alpha value is -0.430. The number of halogens is 1. The molecule has 1 unspecified atom stereocenters. The van der Waals surface area contributed by atoms with E-state index in [0.717, 1.165) is 23.1 Å². The van der Waals surface area contributed by atoms with E-state index < -0.39 is 0 Å². The van der Waals surface area contributed by atoms with Crippen LogP contribution < -0.4 is 11.3 Å². The Bertz CT molecular complexity index is 384. The Balaban J connectivity index is 2.49. The van der Waals surface area contributed by atoms with Crippen molar-refractivity contribution < 1.29 is 4.74 Å². The van der Waals surface area contributed by atoms with Crippen molar-refractivity contribution in [2.75, 3.05) is 13.7 Å². The minimum atomic E-state index is 0.130. The summed E-state index contributed by atoms with van der Waals surface area (Å²) < 4.78 is 8.11. The molecular formula is C15H29BrN4O. The second-order valence-corrected chi connectivity index (χ2v) is 6.22. The van der Waals surface area contributed by atoms with Crippen molar-refractivity contribution in [3.8, 4) is 0 Å². The van der Waals surface area contributed by atoms with Crippen LogP contribution in [0.3, 0.4) is 0 Å². The third kappa shape index (κ3) is 6.46. The van der Waals surface area contributed by atoms with E-state index in [9.17, 15) is 0 Å². The Morgan fingerprint density at radius 1 is 1.33 bits per heavy atom. The molecule has 0 fully saturated rings. The average molecular weight is 361 g/mol. The van der Waals surface area contributed by atoms with Crippen LogP contribution in [0.4, 0.5) is 0 Å². The summed E-state index contributed by atoms with van der Waals surface area (Å²) in [6, 6.07) is 0.130. The SMILES string of the molecule is CCCCCCCCC(NN)c1c(Br)cnn1CCOC. The van der Waals surface area contributed by atoms with Gasteiger partial charge in [0.2, 0.25) is 0 Å². The molecule has 6 heteroatoms. The number of nitrogens with one attached hydrogen (secondary N) is 1. The first-order valence-electron chi connectivity index (χ1n) is 7.90. The Morgan fingerprint density at radius 3 is 2.71 bits per heavy atom. The van der Waals surface area contributed by atoms with Crippen LogP contribution in [0.5, 0.6) is 0 Å². The van der Waals surface area contributed by atoms with Gasteiger partial charge < -0.3 is 4.74 Å². The van der Waals surface area contributed by atoms with Crippen molar-refractivity contribution in [1.82, 2.24) is 15.2 Å². The predicted molar refractivity (Wildman–Crippen MR) is 89.9 cm³/mol. The van der Waals surface area contributed by atoms with Crippen molar-refractivity contribution in [2.45, 2.75) is 64.5 Å². The van der Waals surface area contributed by atoms with E-state index in [-0.39, 0.29) is 6.04 Å². The van der Waals surface area contributed by atoms with Crippen molar-refractivity contribution in [3.63, 3.8) is 0 Å². The zero-order valence-corrected chi connectivity index (χ0v) is 14.9. The van der Waals surface area contributed by atoms with E-state index in [1.807, 2.05) is 10.9 Å². The van der Waals surface area contributed by atoms with Crippen LogP contribution in [-0.4, -0.2) is 23.5 Å². The number of nitrogens with two attached hydrogens (primary N) is 1. The molecule has 0 bridgehead atoms. The molecule has 1 rings (SSSR count). The fourth-order valence-corrected chi connectivity index (χ4v) is 3.07. The highest BCUT2D eigenvalue weighted by atomic mass is 79.9. The van der Waals surface area contributed by atoms with E-state index in [1.54, 1.807) is 7.11 Å². The van der Waals surface area contributed by atoms with E-state index in [1.165, 1.54) is 38.5 Å². The van der Waals surface area contributed by atoms with Crippen LogP contribution in [-0.2, 0) is 11.3 Å². The van der Waals surface area contributed by atoms with Gasteiger partial charge in [0.05, 0.1) is 35.6 Å². The molecule has 1 heterocycles. The lowest BCUT2D eigenvalue weighted by atomic mass is 10.0. The van der Waals surface area contributed by atoms with Crippen LogP contribution in [0.25, 0.3) is 0 Å². The lowest BCUT2D eigenvalue weighted by Gasteiger charge is -2.18. The van der Waals surface area contributed by atoms with Gasteiger partial charge in [-0.3, -0.25) is 16.0 Å². The van der Waals surface area contributed by atoms with Gasteiger partial charge in [0.25, 0.3) is 0 Å². The molecule has 122 valence electrons. The summed E-state index contributed by atoms with van der Waals surface area (Å²) in [7, 11) is 1.70. The number of methoxy groups -OCH3 is 1. The maximum Gasteiger partial charge on any atom is 0.0710 e. The molecule has 0 radical (unpaired) electrons. The maximum absolute atomic E-state index is 5.75. The zero-order chi connectivity index (χ0) is 15.5. The molecule has 0 aliphatic heterocycles. The summed E-state index contributed by atoms with van der Waals surface area (Å²) in [6.07, 6.45) is 10.6. The van der Waals surface area contributed by atoms with Gasteiger partial charge in [-0.2, -0.15) is 5.10 Å². The summed E-state index contributed by atoms with van der Waals surface area (Å²) in [5.74, 6) is 5.75. The lowest BCUT2D eigenvalue weighted by Crippen LogP contribution is -2.30. The number of hydrogen-bond acceptors (Lipinski definition) is 4. The van der Waals surface area contributed by atoms with Gasteiger partial charge in [-0.25, -0.2) is 0 Å². The number of aromatic nitrogens is 2. The quantitative estimate of drug-likeness (QED) is 0.340. The third-order valence-electron chi connectivity index (χ3n) is 3.72. The second-order valence-electron chi connectivity index (χ2n) is 5.37. The van der Waals surface area contributed by atoms with E-state index in [2.05, 4.69) is 33.4 Å². The van der Waals surface area contributed by atoms with Crippen molar-refractivity contribution in [3.05, 3.63) is 16.4 Å². The highest BCUT2D eigenvalue weighted by molar-refractivity contribution is 9.10. The Kier molecular flexibility index (Phi) is 9.91. The van der Waals surface area contributed by atoms with Crippen LogP contribution in [0.1, 0.15) is 63.6 Å².